The van der Waals surface area contributed by atoms with Crippen molar-refractivity contribution in [3.8, 4) is 5.75 Å². The number of aryl methyl sites for hydroxylation is 2. The van der Waals surface area contributed by atoms with Crippen LogP contribution in [-0.4, -0.2) is 12.9 Å². The lowest BCUT2D eigenvalue weighted by atomic mass is 9.96. The molecule has 0 aliphatic heterocycles. The lowest BCUT2D eigenvalue weighted by Gasteiger charge is -2.12. The van der Waals surface area contributed by atoms with Crippen molar-refractivity contribution in [1.82, 2.24) is 0 Å². The molecule has 2 nitrogen and oxygen atoms in total. The van der Waals surface area contributed by atoms with E-state index >= 15 is 0 Å². The number of rotatable bonds is 3. The summed E-state index contributed by atoms with van der Waals surface area (Å²) in [5.41, 5.74) is 2.96. The molecule has 0 unspecified atom stereocenters. The number of hydrogen-bond donors (Lipinski definition) is 0. The molecule has 0 saturated carbocycles. The Bertz CT molecular complexity index is 633. The van der Waals surface area contributed by atoms with Crippen LogP contribution in [0.3, 0.4) is 0 Å². The van der Waals surface area contributed by atoms with Gasteiger partial charge < -0.3 is 4.74 Å². The van der Waals surface area contributed by atoms with Gasteiger partial charge in [-0.2, -0.15) is 0 Å². The molecular formula is C16H15ClO2. The van der Waals surface area contributed by atoms with Crippen LogP contribution in [0.15, 0.2) is 36.4 Å². The number of halogens is 1. The highest BCUT2D eigenvalue weighted by Crippen LogP contribution is 2.32. The molecule has 0 aliphatic rings. The molecule has 0 fully saturated rings. The Morgan fingerprint density at radius 3 is 2.37 bits per heavy atom. The van der Waals surface area contributed by atoms with Gasteiger partial charge in [0.2, 0.25) is 0 Å². The number of carbonyl (C=O) groups excluding carboxylic acids is 1. The average Bonchev–Trinajstić information content (AvgIpc) is 2.39. The van der Waals surface area contributed by atoms with Crippen molar-refractivity contribution < 1.29 is 9.53 Å². The summed E-state index contributed by atoms with van der Waals surface area (Å²) in [7, 11) is 1.54. The van der Waals surface area contributed by atoms with Crippen molar-refractivity contribution in [1.29, 1.82) is 0 Å². The standard InChI is InChI=1S/C16H15ClO2/c1-10-6-4-5-7-12(10)16(18)14-11(2)8-9-13(19-3)15(14)17/h4-9H,1-3H3. The van der Waals surface area contributed by atoms with Crippen LogP contribution in [0, 0.1) is 13.8 Å². The summed E-state index contributed by atoms with van der Waals surface area (Å²) in [5, 5.41) is 0.371. The Morgan fingerprint density at radius 1 is 1.05 bits per heavy atom. The molecule has 0 spiro atoms. The van der Waals surface area contributed by atoms with Crippen molar-refractivity contribution >= 4 is 17.4 Å². The molecule has 19 heavy (non-hydrogen) atoms. The monoisotopic (exact) mass is 274 g/mol. The minimum absolute atomic E-state index is 0.0699. The second kappa shape index (κ2) is 5.45. The van der Waals surface area contributed by atoms with Crippen molar-refractivity contribution in [3.05, 3.63) is 63.7 Å². The van der Waals surface area contributed by atoms with Gasteiger partial charge in [0.25, 0.3) is 0 Å². The highest BCUT2D eigenvalue weighted by Gasteiger charge is 2.19. The van der Waals surface area contributed by atoms with Crippen LogP contribution >= 0.6 is 11.6 Å². The highest BCUT2D eigenvalue weighted by molar-refractivity contribution is 6.36. The summed E-state index contributed by atoms with van der Waals surface area (Å²) in [4.78, 5) is 12.6. The zero-order chi connectivity index (χ0) is 14.0. The average molecular weight is 275 g/mol. The molecule has 0 aromatic heterocycles. The van der Waals surface area contributed by atoms with Crippen molar-refractivity contribution in [3.63, 3.8) is 0 Å². The molecule has 2 aromatic rings. The predicted molar refractivity (Wildman–Crippen MR) is 77.4 cm³/mol. The fourth-order valence-electron chi connectivity index (χ4n) is 2.05. The molecule has 0 bridgehead atoms. The topological polar surface area (TPSA) is 26.3 Å². The molecule has 2 rings (SSSR count). The third-order valence-electron chi connectivity index (χ3n) is 3.15. The first-order valence-corrected chi connectivity index (χ1v) is 6.37. The fraction of sp³-hybridized carbons (Fsp3) is 0.188. The van der Waals surface area contributed by atoms with Gasteiger partial charge in [-0.3, -0.25) is 4.79 Å². The molecule has 0 saturated heterocycles. The lowest BCUT2D eigenvalue weighted by molar-refractivity contribution is 0.103. The zero-order valence-electron chi connectivity index (χ0n) is 11.2. The fourth-order valence-corrected chi connectivity index (χ4v) is 2.43. The number of carbonyl (C=O) groups is 1. The van der Waals surface area contributed by atoms with E-state index in [0.717, 1.165) is 11.1 Å². The molecule has 0 radical (unpaired) electrons. The van der Waals surface area contributed by atoms with Crippen molar-refractivity contribution in [2.75, 3.05) is 7.11 Å². The minimum atomic E-state index is -0.0699. The molecular weight excluding hydrogens is 260 g/mol. The third kappa shape index (κ3) is 2.49. The number of benzene rings is 2. The van der Waals surface area contributed by atoms with E-state index in [1.54, 1.807) is 13.2 Å². The number of ether oxygens (including phenoxy) is 1. The second-order valence-electron chi connectivity index (χ2n) is 4.42. The Balaban J connectivity index is 2.60. The Kier molecular flexibility index (Phi) is 3.91. The van der Waals surface area contributed by atoms with Gasteiger partial charge in [-0.25, -0.2) is 0 Å². The van der Waals surface area contributed by atoms with Crippen LogP contribution in [0.2, 0.25) is 5.02 Å². The summed E-state index contributed by atoms with van der Waals surface area (Å²) in [6.45, 7) is 3.79. The summed E-state index contributed by atoms with van der Waals surface area (Å²) < 4.78 is 5.17. The van der Waals surface area contributed by atoms with Crippen LogP contribution in [0.4, 0.5) is 0 Å². The van der Waals surface area contributed by atoms with Gasteiger partial charge >= 0.3 is 0 Å². The van der Waals surface area contributed by atoms with Gasteiger partial charge in [-0.05, 0) is 31.0 Å². The van der Waals surface area contributed by atoms with Gasteiger partial charge in [0.05, 0.1) is 12.1 Å². The van der Waals surface area contributed by atoms with E-state index in [-0.39, 0.29) is 5.78 Å². The van der Waals surface area contributed by atoms with E-state index in [9.17, 15) is 4.79 Å². The first-order chi connectivity index (χ1) is 9.06. The van der Waals surface area contributed by atoms with Gasteiger partial charge in [-0.1, -0.05) is 41.9 Å². The predicted octanol–water partition coefficient (Wildman–Crippen LogP) is 4.20. The normalized spacial score (nSPS) is 10.3. The van der Waals surface area contributed by atoms with Gasteiger partial charge in [-0.15, -0.1) is 0 Å². The van der Waals surface area contributed by atoms with E-state index in [0.29, 0.717) is 21.9 Å². The third-order valence-corrected chi connectivity index (χ3v) is 3.53. The smallest absolute Gasteiger partial charge is 0.195 e. The van der Waals surface area contributed by atoms with Gasteiger partial charge in [0, 0.05) is 11.1 Å². The van der Waals surface area contributed by atoms with E-state index in [4.69, 9.17) is 16.3 Å². The van der Waals surface area contributed by atoms with Crippen LogP contribution < -0.4 is 4.74 Å². The van der Waals surface area contributed by atoms with E-state index in [1.807, 2.05) is 44.2 Å². The largest absolute Gasteiger partial charge is 0.495 e. The molecule has 0 heterocycles. The van der Waals surface area contributed by atoms with Crippen LogP contribution in [-0.2, 0) is 0 Å². The summed E-state index contributed by atoms with van der Waals surface area (Å²) in [6, 6.07) is 11.1. The van der Waals surface area contributed by atoms with Crippen LogP contribution in [0.5, 0.6) is 5.75 Å². The molecule has 2 aromatic carbocycles. The van der Waals surface area contributed by atoms with Gasteiger partial charge in [0.15, 0.2) is 5.78 Å². The maximum absolute atomic E-state index is 12.6. The maximum atomic E-state index is 12.6. The van der Waals surface area contributed by atoms with E-state index < -0.39 is 0 Å². The van der Waals surface area contributed by atoms with Crippen molar-refractivity contribution in [2.45, 2.75) is 13.8 Å². The molecule has 0 aliphatic carbocycles. The Labute approximate surface area is 118 Å². The lowest BCUT2D eigenvalue weighted by Crippen LogP contribution is -2.07. The summed E-state index contributed by atoms with van der Waals surface area (Å²) in [6.07, 6.45) is 0. The Morgan fingerprint density at radius 2 is 1.74 bits per heavy atom. The summed E-state index contributed by atoms with van der Waals surface area (Å²) in [5.74, 6) is 0.448. The van der Waals surface area contributed by atoms with E-state index in [2.05, 4.69) is 0 Å². The first-order valence-electron chi connectivity index (χ1n) is 5.99. The van der Waals surface area contributed by atoms with Crippen LogP contribution in [0.1, 0.15) is 27.0 Å². The molecule has 0 amide bonds. The molecule has 3 heteroatoms. The quantitative estimate of drug-likeness (QED) is 0.784. The minimum Gasteiger partial charge on any atom is -0.495 e. The van der Waals surface area contributed by atoms with E-state index in [1.165, 1.54) is 0 Å². The number of hydrogen-bond acceptors (Lipinski definition) is 2. The first kappa shape index (κ1) is 13.6. The SMILES string of the molecule is COc1ccc(C)c(C(=O)c2ccccc2C)c1Cl. The van der Waals surface area contributed by atoms with Crippen molar-refractivity contribution in [2.24, 2.45) is 0 Å². The highest BCUT2D eigenvalue weighted by atomic mass is 35.5. The Hall–Kier alpha value is -1.80. The van der Waals surface area contributed by atoms with Crippen LogP contribution in [0.25, 0.3) is 0 Å². The number of methoxy groups -OCH3 is 1. The second-order valence-corrected chi connectivity index (χ2v) is 4.80. The number of ketones is 1. The molecule has 0 N–H and O–H groups in total. The molecule has 98 valence electrons. The zero-order valence-corrected chi connectivity index (χ0v) is 11.9. The van der Waals surface area contributed by atoms with Gasteiger partial charge in [0.1, 0.15) is 5.75 Å². The maximum Gasteiger partial charge on any atom is 0.195 e. The summed E-state index contributed by atoms with van der Waals surface area (Å²) >= 11 is 6.27. The molecule has 0 atom stereocenters.